The van der Waals surface area contributed by atoms with Crippen LogP contribution in [0.15, 0.2) is 0 Å². The van der Waals surface area contributed by atoms with E-state index >= 15 is 0 Å². The number of hydrogen-bond donors (Lipinski definition) is 2. The first-order valence-corrected chi connectivity index (χ1v) is 6.60. The number of hydrogen-bond acceptors (Lipinski definition) is 4. The van der Waals surface area contributed by atoms with E-state index in [-0.39, 0.29) is 24.2 Å². The van der Waals surface area contributed by atoms with Crippen molar-refractivity contribution in [2.24, 2.45) is 0 Å². The number of rotatable bonds is 4. The molecule has 2 N–H and O–H groups in total. The highest BCUT2D eigenvalue weighted by atomic mass is 16.4. The van der Waals surface area contributed by atoms with Gasteiger partial charge in [0.1, 0.15) is 5.82 Å². The maximum Gasteiger partial charge on any atom is 0.305 e. The Labute approximate surface area is 110 Å². The Morgan fingerprint density at radius 2 is 2.16 bits per heavy atom. The molecular formula is C12H16N4O3. The first-order valence-electron chi connectivity index (χ1n) is 6.60. The third-order valence-corrected chi connectivity index (χ3v) is 3.71. The lowest BCUT2D eigenvalue weighted by Gasteiger charge is -2.21. The van der Waals surface area contributed by atoms with Crippen molar-refractivity contribution in [3.8, 4) is 0 Å². The summed E-state index contributed by atoms with van der Waals surface area (Å²) in [4.78, 5) is 28.9. The minimum Gasteiger partial charge on any atom is -0.481 e. The van der Waals surface area contributed by atoms with E-state index in [1.165, 1.54) is 0 Å². The van der Waals surface area contributed by atoms with Crippen LogP contribution in [0.3, 0.4) is 0 Å². The van der Waals surface area contributed by atoms with Crippen molar-refractivity contribution < 1.29 is 14.7 Å². The largest absolute Gasteiger partial charge is 0.481 e. The number of nitrogens with one attached hydrogen (secondary N) is 1. The molecule has 0 spiro atoms. The van der Waals surface area contributed by atoms with Gasteiger partial charge in [-0.05, 0) is 25.7 Å². The average molecular weight is 264 g/mol. The second-order valence-corrected chi connectivity index (χ2v) is 5.21. The quantitative estimate of drug-likeness (QED) is 0.836. The van der Waals surface area contributed by atoms with E-state index < -0.39 is 5.97 Å². The number of nitrogens with zero attached hydrogens (tertiary/aromatic N) is 3. The number of carbonyl (C=O) groups is 2. The molecule has 1 aliphatic carbocycles. The van der Waals surface area contributed by atoms with Crippen LogP contribution in [0.1, 0.15) is 54.5 Å². The predicted molar refractivity (Wildman–Crippen MR) is 64.7 cm³/mol. The fourth-order valence-electron chi connectivity index (χ4n) is 2.55. The summed E-state index contributed by atoms with van der Waals surface area (Å²) in [5, 5.41) is 15.6. The van der Waals surface area contributed by atoms with Crippen LogP contribution in [0.2, 0.25) is 0 Å². The van der Waals surface area contributed by atoms with E-state index in [0.29, 0.717) is 12.5 Å². The van der Waals surface area contributed by atoms with Gasteiger partial charge in [0, 0.05) is 18.5 Å². The summed E-state index contributed by atoms with van der Waals surface area (Å²) in [5.41, 5.74) is 0. The number of amides is 1. The zero-order valence-electron chi connectivity index (χ0n) is 10.5. The van der Waals surface area contributed by atoms with Gasteiger partial charge in [-0.15, -0.1) is 5.10 Å². The summed E-state index contributed by atoms with van der Waals surface area (Å²) in [7, 11) is 0. The van der Waals surface area contributed by atoms with Crippen LogP contribution in [0.25, 0.3) is 0 Å². The van der Waals surface area contributed by atoms with Crippen molar-refractivity contribution in [1.29, 1.82) is 0 Å². The first kappa shape index (κ1) is 12.1. The van der Waals surface area contributed by atoms with Crippen LogP contribution in [0.4, 0.5) is 0 Å². The first-order chi connectivity index (χ1) is 9.15. The second-order valence-electron chi connectivity index (χ2n) is 5.21. The summed E-state index contributed by atoms with van der Waals surface area (Å²) in [6.07, 6.45) is 3.75. The normalized spacial score (nSPS) is 22.7. The number of likely N-dealkylation sites (tertiary alicyclic amines) is 1. The number of H-pyrrole nitrogens is 1. The molecule has 19 heavy (non-hydrogen) atoms. The maximum absolute atomic E-state index is 12.3. The standard InChI is InChI=1S/C12H16N4O3/c17-9(18)6-8-2-1-5-16(8)12(19)11-13-10(14-15-11)7-3-4-7/h7-8H,1-6H2,(H,17,18)(H,13,14,15). The van der Waals surface area contributed by atoms with Gasteiger partial charge in [-0.3, -0.25) is 14.7 Å². The Kier molecular flexibility index (Phi) is 2.96. The monoisotopic (exact) mass is 264 g/mol. The van der Waals surface area contributed by atoms with Gasteiger partial charge < -0.3 is 10.0 Å². The zero-order valence-corrected chi connectivity index (χ0v) is 10.5. The highest BCUT2D eigenvalue weighted by Crippen LogP contribution is 2.37. The molecule has 1 aromatic heterocycles. The van der Waals surface area contributed by atoms with E-state index in [0.717, 1.165) is 31.5 Å². The Bertz CT molecular complexity index is 509. The second kappa shape index (κ2) is 4.64. The van der Waals surface area contributed by atoms with Gasteiger partial charge in [0.2, 0.25) is 5.82 Å². The molecule has 2 heterocycles. The molecule has 1 saturated carbocycles. The van der Waals surface area contributed by atoms with E-state index in [4.69, 9.17) is 5.11 Å². The van der Waals surface area contributed by atoms with Crippen LogP contribution in [-0.4, -0.2) is 49.7 Å². The third-order valence-electron chi connectivity index (χ3n) is 3.71. The van der Waals surface area contributed by atoms with Crippen molar-refractivity contribution in [2.45, 2.75) is 44.1 Å². The van der Waals surface area contributed by atoms with Crippen molar-refractivity contribution in [3.05, 3.63) is 11.6 Å². The van der Waals surface area contributed by atoms with Gasteiger partial charge in [-0.1, -0.05) is 0 Å². The van der Waals surface area contributed by atoms with Crippen molar-refractivity contribution in [1.82, 2.24) is 20.1 Å². The molecule has 0 radical (unpaired) electrons. The third kappa shape index (κ3) is 2.45. The van der Waals surface area contributed by atoms with Gasteiger partial charge in [0.05, 0.1) is 6.42 Å². The minimum absolute atomic E-state index is 0.00829. The number of aliphatic carboxylic acids is 1. The van der Waals surface area contributed by atoms with E-state index in [2.05, 4.69) is 15.2 Å². The SMILES string of the molecule is O=C(O)CC1CCCN1C(=O)c1n[nH]c(C2CC2)n1. The van der Waals surface area contributed by atoms with Crippen LogP contribution < -0.4 is 0 Å². The van der Waals surface area contributed by atoms with E-state index in [9.17, 15) is 9.59 Å². The van der Waals surface area contributed by atoms with Gasteiger partial charge in [0.25, 0.3) is 5.91 Å². The molecule has 0 aromatic carbocycles. The number of carboxylic acids is 1. The lowest BCUT2D eigenvalue weighted by atomic mass is 10.1. The van der Waals surface area contributed by atoms with Crippen LogP contribution in [0.5, 0.6) is 0 Å². The van der Waals surface area contributed by atoms with Gasteiger partial charge in [0.15, 0.2) is 0 Å². The molecule has 7 nitrogen and oxygen atoms in total. The van der Waals surface area contributed by atoms with Gasteiger partial charge in [-0.2, -0.15) is 0 Å². The van der Waals surface area contributed by atoms with Crippen LogP contribution in [-0.2, 0) is 4.79 Å². The molecule has 1 atom stereocenters. The highest BCUT2D eigenvalue weighted by Gasteiger charge is 2.34. The maximum atomic E-state index is 12.3. The molecule has 2 aliphatic rings. The molecule has 1 aliphatic heterocycles. The molecule has 1 unspecified atom stereocenters. The number of aromatic nitrogens is 3. The molecule has 1 saturated heterocycles. The fraction of sp³-hybridized carbons (Fsp3) is 0.667. The smallest absolute Gasteiger partial charge is 0.305 e. The number of aromatic amines is 1. The molecule has 0 bridgehead atoms. The summed E-state index contributed by atoms with van der Waals surface area (Å²) in [6, 6.07) is -0.229. The molecular weight excluding hydrogens is 248 g/mol. The fourth-order valence-corrected chi connectivity index (χ4v) is 2.55. The summed E-state index contributed by atoms with van der Waals surface area (Å²) in [5.74, 6) is 0.226. The summed E-state index contributed by atoms with van der Waals surface area (Å²) in [6.45, 7) is 0.587. The van der Waals surface area contributed by atoms with Gasteiger partial charge in [-0.25, -0.2) is 4.98 Å². The van der Waals surface area contributed by atoms with Crippen molar-refractivity contribution >= 4 is 11.9 Å². The molecule has 7 heteroatoms. The number of carboxylic acid groups (broad SMARTS) is 1. The number of carbonyl (C=O) groups excluding carboxylic acids is 1. The highest BCUT2D eigenvalue weighted by molar-refractivity contribution is 5.91. The zero-order chi connectivity index (χ0) is 13.4. The van der Waals surface area contributed by atoms with E-state index in [1.807, 2.05) is 0 Å². The Balaban J connectivity index is 1.72. The minimum atomic E-state index is -0.877. The molecule has 2 fully saturated rings. The lowest BCUT2D eigenvalue weighted by molar-refractivity contribution is -0.137. The molecule has 1 amide bonds. The van der Waals surface area contributed by atoms with Crippen LogP contribution in [0, 0.1) is 0 Å². The van der Waals surface area contributed by atoms with Gasteiger partial charge >= 0.3 is 5.97 Å². The summed E-state index contributed by atoms with van der Waals surface area (Å²) >= 11 is 0. The molecule has 1 aromatic rings. The van der Waals surface area contributed by atoms with Crippen molar-refractivity contribution in [3.63, 3.8) is 0 Å². The predicted octanol–water partition coefficient (Wildman–Crippen LogP) is 0.761. The Morgan fingerprint density at radius 1 is 1.37 bits per heavy atom. The molecule has 102 valence electrons. The van der Waals surface area contributed by atoms with E-state index in [1.54, 1.807) is 4.90 Å². The topological polar surface area (TPSA) is 99.2 Å². The summed E-state index contributed by atoms with van der Waals surface area (Å²) < 4.78 is 0. The Morgan fingerprint density at radius 3 is 2.84 bits per heavy atom. The van der Waals surface area contributed by atoms with Crippen molar-refractivity contribution in [2.75, 3.05) is 6.54 Å². The average Bonchev–Trinajstić information content (AvgIpc) is 2.93. The van der Waals surface area contributed by atoms with Crippen LogP contribution >= 0.6 is 0 Å². The lowest BCUT2D eigenvalue weighted by Crippen LogP contribution is -2.37. The Hall–Kier alpha value is -1.92. The molecule has 3 rings (SSSR count).